The number of methoxy groups -OCH3 is 1. The van der Waals surface area contributed by atoms with E-state index in [-0.39, 0.29) is 12.5 Å². The van der Waals surface area contributed by atoms with Gasteiger partial charge in [0.15, 0.2) is 0 Å². The highest BCUT2D eigenvalue weighted by Gasteiger charge is 2.32. The first-order valence-electron chi connectivity index (χ1n) is 10.7. The van der Waals surface area contributed by atoms with Gasteiger partial charge in [-0.25, -0.2) is 4.39 Å². The Morgan fingerprint density at radius 3 is 2.34 bits per heavy atom. The van der Waals surface area contributed by atoms with Gasteiger partial charge in [0.2, 0.25) is 5.91 Å². The van der Waals surface area contributed by atoms with Gasteiger partial charge in [-0.05, 0) is 60.5 Å². The molecule has 2 aromatic carbocycles. The van der Waals surface area contributed by atoms with Crippen LogP contribution in [0, 0.1) is 5.82 Å². The summed E-state index contributed by atoms with van der Waals surface area (Å²) in [6.45, 7) is 0.289. The molecule has 186 valence electrons. The fourth-order valence-corrected chi connectivity index (χ4v) is 3.97. The SMILES string of the molecule is CNC(=O)C(NCCC(c1ccc(C(F)(F)F)nc1)c1cc(Cl)ccc1OC)c1ccc(F)cc1. The molecular formula is C25H24ClF4N3O2. The molecule has 35 heavy (non-hydrogen) atoms. The highest BCUT2D eigenvalue weighted by Crippen LogP contribution is 2.37. The summed E-state index contributed by atoms with van der Waals surface area (Å²) in [6.07, 6.45) is -3.00. The summed E-state index contributed by atoms with van der Waals surface area (Å²) in [4.78, 5) is 16.1. The van der Waals surface area contributed by atoms with Crippen molar-refractivity contribution in [1.82, 2.24) is 15.6 Å². The molecule has 0 bridgehead atoms. The Bertz CT molecular complexity index is 1140. The summed E-state index contributed by atoms with van der Waals surface area (Å²) in [5.74, 6) is -0.665. The van der Waals surface area contributed by atoms with Crippen LogP contribution in [0.1, 0.15) is 40.8 Å². The minimum Gasteiger partial charge on any atom is -0.496 e. The van der Waals surface area contributed by atoms with Crippen LogP contribution in [0.4, 0.5) is 17.6 Å². The minimum absolute atomic E-state index is 0.289. The Labute approximate surface area is 205 Å². The van der Waals surface area contributed by atoms with Crippen LogP contribution in [0.25, 0.3) is 0 Å². The Hall–Kier alpha value is -3.17. The van der Waals surface area contributed by atoms with E-state index in [0.29, 0.717) is 33.9 Å². The molecule has 0 spiro atoms. The predicted molar refractivity (Wildman–Crippen MR) is 125 cm³/mol. The lowest BCUT2D eigenvalue weighted by molar-refractivity contribution is -0.141. The van der Waals surface area contributed by atoms with E-state index in [1.54, 1.807) is 18.2 Å². The number of nitrogens with zero attached hydrogens (tertiary/aromatic N) is 1. The van der Waals surface area contributed by atoms with E-state index >= 15 is 0 Å². The molecule has 0 aliphatic rings. The third kappa shape index (κ3) is 6.70. The maximum absolute atomic E-state index is 13.4. The van der Waals surface area contributed by atoms with E-state index in [9.17, 15) is 22.4 Å². The Morgan fingerprint density at radius 1 is 1.09 bits per heavy atom. The van der Waals surface area contributed by atoms with Crippen LogP contribution in [-0.2, 0) is 11.0 Å². The van der Waals surface area contributed by atoms with Gasteiger partial charge in [0, 0.05) is 29.7 Å². The summed E-state index contributed by atoms with van der Waals surface area (Å²) in [5.41, 5.74) is 0.770. The number of rotatable bonds is 9. The Kier molecular flexibility index (Phi) is 8.69. The van der Waals surface area contributed by atoms with Crippen LogP contribution in [-0.4, -0.2) is 31.6 Å². The molecule has 1 heterocycles. The summed E-state index contributed by atoms with van der Waals surface area (Å²) in [5, 5.41) is 6.17. The number of ether oxygens (including phenoxy) is 1. The van der Waals surface area contributed by atoms with Crippen molar-refractivity contribution in [3.63, 3.8) is 0 Å². The normalized spacial score (nSPS) is 13.2. The van der Waals surface area contributed by atoms with Gasteiger partial charge < -0.3 is 15.4 Å². The van der Waals surface area contributed by atoms with E-state index in [1.165, 1.54) is 50.7 Å². The van der Waals surface area contributed by atoms with E-state index in [1.807, 2.05) is 0 Å². The van der Waals surface area contributed by atoms with Crippen molar-refractivity contribution in [2.24, 2.45) is 0 Å². The molecular weight excluding hydrogens is 486 g/mol. The number of alkyl halides is 3. The fourth-order valence-electron chi connectivity index (χ4n) is 3.79. The topological polar surface area (TPSA) is 63.2 Å². The van der Waals surface area contributed by atoms with Gasteiger partial charge in [-0.15, -0.1) is 0 Å². The summed E-state index contributed by atoms with van der Waals surface area (Å²) in [6, 6.07) is 12.1. The number of benzene rings is 2. The van der Waals surface area contributed by atoms with E-state index < -0.39 is 29.6 Å². The number of hydrogen-bond acceptors (Lipinski definition) is 4. The Balaban J connectivity index is 1.90. The lowest BCUT2D eigenvalue weighted by Crippen LogP contribution is -2.36. The second kappa shape index (κ2) is 11.5. The van der Waals surface area contributed by atoms with Crippen LogP contribution in [0.2, 0.25) is 5.02 Å². The van der Waals surface area contributed by atoms with Crippen molar-refractivity contribution in [1.29, 1.82) is 0 Å². The number of carbonyl (C=O) groups excluding carboxylic acids is 1. The van der Waals surface area contributed by atoms with Crippen molar-refractivity contribution in [3.8, 4) is 5.75 Å². The predicted octanol–water partition coefficient (Wildman–Crippen LogP) is 5.50. The number of likely N-dealkylation sites (N-methyl/N-ethyl adjacent to an activating group) is 1. The zero-order chi connectivity index (χ0) is 25.6. The molecule has 3 rings (SSSR count). The second-order valence-corrected chi connectivity index (χ2v) is 8.19. The third-order valence-corrected chi connectivity index (χ3v) is 5.77. The van der Waals surface area contributed by atoms with E-state index in [2.05, 4.69) is 15.6 Å². The Morgan fingerprint density at radius 2 is 1.77 bits per heavy atom. The molecule has 5 nitrogen and oxygen atoms in total. The van der Waals surface area contributed by atoms with E-state index in [0.717, 1.165) is 6.07 Å². The zero-order valence-corrected chi connectivity index (χ0v) is 19.8. The number of aromatic nitrogens is 1. The average Bonchev–Trinajstić information content (AvgIpc) is 2.84. The second-order valence-electron chi connectivity index (χ2n) is 7.76. The smallest absolute Gasteiger partial charge is 0.433 e. The first-order chi connectivity index (χ1) is 16.6. The number of amides is 1. The molecule has 1 amide bonds. The number of carbonyl (C=O) groups is 1. The average molecular weight is 510 g/mol. The molecule has 0 saturated carbocycles. The molecule has 10 heteroatoms. The van der Waals surface area contributed by atoms with Crippen LogP contribution < -0.4 is 15.4 Å². The minimum atomic E-state index is -4.56. The summed E-state index contributed by atoms with van der Waals surface area (Å²) in [7, 11) is 2.98. The lowest BCUT2D eigenvalue weighted by Gasteiger charge is -2.23. The van der Waals surface area contributed by atoms with Crippen molar-refractivity contribution in [3.05, 3.63) is 94.0 Å². The third-order valence-electron chi connectivity index (χ3n) is 5.54. The van der Waals surface area contributed by atoms with Gasteiger partial charge in [-0.1, -0.05) is 29.8 Å². The first-order valence-corrected chi connectivity index (χ1v) is 11.1. The standard InChI is InChI=1S/C25H24ClF4N3O2/c1-31-24(34)23(15-3-7-18(27)8-4-15)32-12-11-19(20-13-17(26)6-9-21(20)35-2)16-5-10-22(33-14-16)25(28,29)30/h3-10,13-14,19,23,32H,11-12H2,1-2H3,(H,31,34). The highest BCUT2D eigenvalue weighted by atomic mass is 35.5. The molecule has 3 aromatic rings. The monoisotopic (exact) mass is 509 g/mol. The van der Waals surface area contributed by atoms with Crippen molar-refractivity contribution in [2.45, 2.75) is 24.6 Å². The number of hydrogen-bond donors (Lipinski definition) is 2. The van der Waals surface area contributed by atoms with Gasteiger partial charge in [0.25, 0.3) is 0 Å². The van der Waals surface area contributed by atoms with Gasteiger partial charge in [-0.3, -0.25) is 9.78 Å². The largest absolute Gasteiger partial charge is 0.496 e. The number of nitrogens with one attached hydrogen (secondary N) is 2. The zero-order valence-electron chi connectivity index (χ0n) is 19.0. The fraction of sp³-hybridized carbons (Fsp3) is 0.280. The first kappa shape index (κ1) is 26.4. The molecule has 0 saturated heterocycles. The van der Waals surface area contributed by atoms with Crippen LogP contribution in [0.15, 0.2) is 60.8 Å². The summed E-state index contributed by atoms with van der Waals surface area (Å²) < 4.78 is 57.9. The maximum Gasteiger partial charge on any atom is 0.433 e. The molecule has 0 aliphatic carbocycles. The number of pyridine rings is 1. The molecule has 2 N–H and O–H groups in total. The lowest BCUT2D eigenvalue weighted by atomic mass is 9.88. The van der Waals surface area contributed by atoms with Crippen molar-refractivity contribution in [2.75, 3.05) is 20.7 Å². The van der Waals surface area contributed by atoms with Gasteiger partial charge in [0.1, 0.15) is 23.3 Å². The van der Waals surface area contributed by atoms with Crippen molar-refractivity contribution >= 4 is 17.5 Å². The van der Waals surface area contributed by atoms with Gasteiger partial charge in [-0.2, -0.15) is 13.2 Å². The number of halogens is 5. The van der Waals surface area contributed by atoms with Crippen LogP contribution >= 0.6 is 11.6 Å². The molecule has 2 unspecified atom stereocenters. The maximum atomic E-state index is 13.4. The van der Waals surface area contributed by atoms with Gasteiger partial charge >= 0.3 is 6.18 Å². The van der Waals surface area contributed by atoms with Crippen LogP contribution in [0.3, 0.4) is 0 Å². The molecule has 1 aromatic heterocycles. The highest BCUT2D eigenvalue weighted by molar-refractivity contribution is 6.30. The van der Waals surface area contributed by atoms with Crippen molar-refractivity contribution < 1.29 is 27.1 Å². The molecule has 0 fully saturated rings. The van der Waals surface area contributed by atoms with Gasteiger partial charge in [0.05, 0.1) is 7.11 Å². The van der Waals surface area contributed by atoms with E-state index in [4.69, 9.17) is 16.3 Å². The molecule has 2 atom stereocenters. The van der Waals surface area contributed by atoms with Crippen LogP contribution in [0.5, 0.6) is 5.75 Å². The molecule has 0 radical (unpaired) electrons. The quantitative estimate of drug-likeness (QED) is 0.374. The molecule has 0 aliphatic heterocycles. The summed E-state index contributed by atoms with van der Waals surface area (Å²) >= 11 is 6.21.